The fourth-order valence-corrected chi connectivity index (χ4v) is 5.58. The molecule has 3 aliphatic rings. The number of carboxylic acid groups (broad SMARTS) is 1. The number of likely N-dealkylation sites (tertiary alicyclic amines) is 1. The molecule has 2 bridgehead atoms. The molecule has 0 aromatic heterocycles. The molecule has 3 rings (SSSR count). The number of hydrogen-bond donors (Lipinski definition) is 1. The van der Waals surface area contributed by atoms with Gasteiger partial charge in [-0.05, 0) is 18.3 Å². The summed E-state index contributed by atoms with van der Waals surface area (Å²) in [6.45, 7) is -0.510. The van der Waals surface area contributed by atoms with E-state index in [1.165, 1.54) is 0 Å². The third-order valence-electron chi connectivity index (χ3n) is 4.37. The molecular weight excluding hydrogens is 370 g/mol. The van der Waals surface area contributed by atoms with Crippen LogP contribution < -0.4 is 0 Å². The topological polar surface area (TPSA) is 74.7 Å². The van der Waals surface area contributed by atoms with Crippen molar-refractivity contribution in [2.45, 2.75) is 16.1 Å². The molecule has 18 heavy (non-hydrogen) atoms. The average Bonchev–Trinajstić information content (AvgIpc) is 2.88. The summed E-state index contributed by atoms with van der Waals surface area (Å²) in [4.78, 5) is 36.4. The Balaban J connectivity index is 1.92. The molecule has 6 unspecified atom stereocenters. The first-order chi connectivity index (χ1) is 8.43. The minimum absolute atomic E-state index is 0.139. The average molecular weight is 381 g/mol. The van der Waals surface area contributed by atoms with Crippen LogP contribution in [0.4, 0.5) is 0 Å². The Hall–Kier alpha value is -0.430. The number of carboxylic acids is 1. The predicted molar refractivity (Wildman–Crippen MR) is 68.4 cm³/mol. The van der Waals surface area contributed by atoms with Crippen molar-refractivity contribution in [2.24, 2.45) is 23.7 Å². The molecule has 0 aromatic rings. The van der Waals surface area contributed by atoms with Gasteiger partial charge in [-0.1, -0.05) is 31.9 Å². The summed E-state index contributed by atoms with van der Waals surface area (Å²) < 4.78 is 0. The number of carbonyl (C=O) groups excluding carboxylic acids is 2. The Morgan fingerprint density at radius 3 is 2.00 bits per heavy atom. The van der Waals surface area contributed by atoms with Crippen molar-refractivity contribution in [1.29, 1.82) is 0 Å². The van der Waals surface area contributed by atoms with Crippen LogP contribution in [-0.2, 0) is 14.4 Å². The highest BCUT2D eigenvalue weighted by Gasteiger charge is 2.66. The standard InChI is InChI=1S/C11H11Br2NO4/c12-8-3-1-4(9(8)13)7-6(3)10(17)14(11(7)18)2-5(15)16/h3-4,6-9H,1-2H2,(H,15,16). The number of alkyl halides is 2. The van der Waals surface area contributed by atoms with Crippen molar-refractivity contribution in [3.63, 3.8) is 0 Å². The lowest BCUT2D eigenvalue weighted by atomic mass is 9.81. The minimum atomic E-state index is -1.14. The number of imide groups is 1. The van der Waals surface area contributed by atoms with Crippen LogP contribution in [-0.4, -0.2) is 44.0 Å². The Labute approximate surface area is 120 Å². The zero-order valence-corrected chi connectivity index (χ0v) is 12.4. The predicted octanol–water partition coefficient (Wildman–Crippen LogP) is 0.849. The van der Waals surface area contributed by atoms with E-state index in [-0.39, 0.29) is 45.1 Å². The lowest BCUT2D eigenvalue weighted by molar-refractivity contribution is -0.149. The second kappa shape index (κ2) is 4.03. The number of halogens is 2. The third kappa shape index (κ3) is 1.46. The highest BCUT2D eigenvalue weighted by molar-refractivity contribution is 9.12. The number of rotatable bonds is 2. The summed E-state index contributed by atoms with van der Waals surface area (Å²) in [7, 11) is 0. The quantitative estimate of drug-likeness (QED) is 0.569. The third-order valence-corrected chi connectivity index (χ3v) is 7.58. The van der Waals surface area contributed by atoms with Crippen LogP contribution in [0, 0.1) is 23.7 Å². The second-order valence-corrected chi connectivity index (χ2v) is 7.27. The number of nitrogens with zero attached hydrogens (tertiary/aromatic N) is 1. The maximum atomic E-state index is 12.2. The molecule has 2 amide bonds. The van der Waals surface area contributed by atoms with Crippen LogP contribution in [0.2, 0.25) is 0 Å². The van der Waals surface area contributed by atoms with E-state index in [0.717, 1.165) is 11.3 Å². The van der Waals surface area contributed by atoms with Crippen molar-refractivity contribution in [3.05, 3.63) is 0 Å². The summed E-state index contributed by atoms with van der Waals surface area (Å²) in [5.74, 6) is -2.11. The van der Waals surface area contributed by atoms with Gasteiger partial charge < -0.3 is 5.11 Å². The summed E-state index contributed by atoms with van der Waals surface area (Å²) >= 11 is 7.14. The summed E-state index contributed by atoms with van der Waals surface area (Å²) in [5, 5.41) is 8.76. The van der Waals surface area contributed by atoms with Gasteiger partial charge in [0, 0.05) is 9.65 Å². The molecule has 0 spiro atoms. The van der Waals surface area contributed by atoms with E-state index in [1.54, 1.807) is 0 Å². The van der Waals surface area contributed by atoms with Crippen molar-refractivity contribution in [1.82, 2.24) is 4.90 Å². The maximum absolute atomic E-state index is 12.2. The lowest BCUT2D eigenvalue weighted by Gasteiger charge is -2.28. The zero-order chi connectivity index (χ0) is 13.2. The SMILES string of the molecule is O=C(O)CN1C(=O)C2C3CC(C(Br)C3Br)C2C1=O. The highest BCUT2D eigenvalue weighted by Crippen LogP contribution is 2.60. The largest absolute Gasteiger partial charge is 0.480 e. The molecule has 6 atom stereocenters. The Morgan fingerprint density at radius 1 is 1.17 bits per heavy atom. The molecule has 98 valence electrons. The summed E-state index contributed by atoms with van der Waals surface area (Å²) in [5.41, 5.74) is 0. The van der Waals surface area contributed by atoms with Crippen molar-refractivity contribution in [2.75, 3.05) is 6.54 Å². The van der Waals surface area contributed by atoms with E-state index in [9.17, 15) is 14.4 Å². The van der Waals surface area contributed by atoms with Crippen LogP contribution in [0.25, 0.3) is 0 Å². The molecular formula is C11H11Br2NO4. The molecule has 7 heteroatoms. The van der Waals surface area contributed by atoms with Crippen molar-refractivity contribution >= 4 is 49.6 Å². The van der Waals surface area contributed by atoms with Crippen LogP contribution in [0.3, 0.4) is 0 Å². The van der Waals surface area contributed by atoms with Gasteiger partial charge in [-0.2, -0.15) is 0 Å². The molecule has 2 aliphatic carbocycles. The smallest absolute Gasteiger partial charge is 0.323 e. The number of fused-ring (bicyclic) bond motifs is 5. The summed E-state index contributed by atoms with van der Waals surface area (Å²) in [6, 6.07) is 0. The number of amides is 2. The normalized spacial score (nSPS) is 45.8. The van der Waals surface area contributed by atoms with Crippen molar-refractivity contribution < 1.29 is 19.5 Å². The van der Waals surface area contributed by atoms with E-state index in [2.05, 4.69) is 31.9 Å². The van der Waals surface area contributed by atoms with Gasteiger partial charge in [-0.15, -0.1) is 0 Å². The number of hydrogen-bond acceptors (Lipinski definition) is 3. The van der Waals surface area contributed by atoms with Gasteiger partial charge in [0.25, 0.3) is 0 Å². The van der Waals surface area contributed by atoms with E-state index in [4.69, 9.17) is 5.11 Å². The number of carbonyl (C=O) groups is 3. The summed E-state index contributed by atoms with van der Waals surface area (Å²) in [6.07, 6.45) is 0.861. The van der Waals surface area contributed by atoms with Gasteiger partial charge in [0.1, 0.15) is 6.54 Å². The fourth-order valence-electron chi connectivity index (χ4n) is 3.70. The molecule has 1 saturated heterocycles. The van der Waals surface area contributed by atoms with Gasteiger partial charge >= 0.3 is 5.97 Å². The number of aliphatic carboxylic acids is 1. The zero-order valence-electron chi connectivity index (χ0n) is 9.25. The Bertz CT molecular complexity index is 422. The van der Waals surface area contributed by atoms with Crippen LogP contribution in [0.1, 0.15) is 6.42 Å². The van der Waals surface area contributed by atoms with Crippen molar-refractivity contribution in [3.8, 4) is 0 Å². The second-order valence-electron chi connectivity index (χ2n) is 5.16. The van der Waals surface area contributed by atoms with Crippen LogP contribution in [0.15, 0.2) is 0 Å². The molecule has 1 heterocycles. The molecule has 1 N–H and O–H groups in total. The van der Waals surface area contributed by atoms with Gasteiger partial charge in [0.2, 0.25) is 11.8 Å². The Morgan fingerprint density at radius 2 is 1.61 bits per heavy atom. The highest BCUT2D eigenvalue weighted by atomic mass is 79.9. The van der Waals surface area contributed by atoms with E-state index in [1.807, 2.05) is 0 Å². The Kier molecular flexibility index (Phi) is 2.82. The lowest BCUT2D eigenvalue weighted by Crippen LogP contribution is -2.37. The van der Waals surface area contributed by atoms with Gasteiger partial charge in [0.05, 0.1) is 11.8 Å². The molecule has 0 radical (unpaired) electrons. The molecule has 2 saturated carbocycles. The van der Waals surface area contributed by atoms with E-state index >= 15 is 0 Å². The first-order valence-corrected chi connectivity index (χ1v) is 7.61. The van der Waals surface area contributed by atoms with Crippen LogP contribution in [0.5, 0.6) is 0 Å². The van der Waals surface area contributed by atoms with Gasteiger partial charge in [-0.3, -0.25) is 19.3 Å². The minimum Gasteiger partial charge on any atom is -0.480 e. The van der Waals surface area contributed by atoms with E-state index in [0.29, 0.717) is 0 Å². The maximum Gasteiger partial charge on any atom is 0.323 e. The molecule has 5 nitrogen and oxygen atoms in total. The first-order valence-electron chi connectivity index (χ1n) is 5.78. The molecule has 0 aromatic carbocycles. The monoisotopic (exact) mass is 379 g/mol. The fraction of sp³-hybridized carbons (Fsp3) is 0.727. The van der Waals surface area contributed by atoms with Gasteiger partial charge in [0.15, 0.2) is 0 Å². The molecule has 1 aliphatic heterocycles. The van der Waals surface area contributed by atoms with Crippen LogP contribution >= 0.6 is 31.9 Å². The molecule has 3 fully saturated rings. The van der Waals surface area contributed by atoms with E-state index < -0.39 is 12.5 Å². The first kappa shape index (κ1) is 12.6. The van der Waals surface area contributed by atoms with Gasteiger partial charge in [-0.25, -0.2) is 0 Å².